The number of halogens is 1. The number of hydrogen-bond donors (Lipinski definition) is 2. The molecule has 0 unspecified atom stereocenters. The second-order valence-corrected chi connectivity index (χ2v) is 4.76. The predicted molar refractivity (Wildman–Crippen MR) is 74.8 cm³/mol. The van der Waals surface area contributed by atoms with Crippen LogP contribution < -0.4 is 5.56 Å². The highest BCUT2D eigenvalue weighted by molar-refractivity contribution is 7.98. The van der Waals surface area contributed by atoms with Crippen molar-refractivity contribution in [2.24, 2.45) is 0 Å². The van der Waals surface area contributed by atoms with Crippen molar-refractivity contribution in [3.63, 3.8) is 0 Å². The summed E-state index contributed by atoms with van der Waals surface area (Å²) >= 11 is 1.24. The van der Waals surface area contributed by atoms with Crippen LogP contribution in [0.4, 0.5) is 4.39 Å². The minimum absolute atomic E-state index is 0.238. The Balaban J connectivity index is 2.08. The molecule has 0 bridgehead atoms. The summed E-state index contributed by atoms with van der Waals surface area (Å²) in [4.78, 5) is 17.6. The fourth-order valence-electron chi connectivity index (χ4n) is 1.46. The number of rotatable bonds is 3. The second-order valence-electron chi connectivity index (χ2n) is 3.79. The van der Waals surface area contributed by atoms with Crippen molar-refractivity contribution in [1.29, 1.82) is 0 Å². The third kappa shape index (κ3) is 3.95. The third-order valence-electron chi connectivity index (χ3n) is 2.38. The summed E-state index contributed by atoms with van der Waals surface area (Å²) < 4.78 is 13.8. The molecule has 0 amide bonds. The minimum atomic E-state index is -0.375. The number of hydrogen-bond acceptors (Lipinski definition) is 4. The molecule has 0 atom stereocenters. The zero-order valence-corrected chi connectivity index (χ0v) is 11.2. The number of thioether (sulfide) groups is 1. The van der Waals surface area contributed by atoms with Crippen LogP contribution in [0.1, 0.15) is 11.1 Å². The molecule has 0 saturated heterocycles. The Labute approximate surface area is 119 Å². The van der Waals surface area contributed by atoms with Gasteiger partial charge in [-0.15, -0.1) is 0 Å². The van der Waals surface area contributed by atoms with E-state index in [1.807, 2.05) is 0 Å². The van der Waals surface area contributed by atoms with Gasteiger partial charge in [0.2, 0.25) is 0 Å². The Morgan fingerprint density at radius 1 is 1.40 bits per heavy atom. The van der Waals surface area contributed by atoms with E-state index >= 15 is 0 Å². The lowest BCUT2D eigenvalue weighted by atomic mass is 10.1. The normalized spacial score (nSPS) is 9.90. The molecule has 102 valence electrons. The van der Waals surface area contributed by atoms with Crippen LogP contribution in [-0.4, -0.2) is 21.7 Å². The highest BCUT2D eigenvalue weighted by atomic mass is 32.2. The number of aromatic amines is 1. The van der Waals surface area contributed by atoms with Crippen LogP contribution in [0.2, 0.25) is 0 Å². The average Bonchev–Trinajstić information content (AvgIpc) is 2.44. The molecular weight excluding hydrogens is 279 g/mol. The molecule has 1 heterocycles. The predicted octanol–water partition coefficient (Wildman–Crippen LogP) is 1.55. The van der Waals surface area contributed by atoms with E-state index in [1.54, 1.807) is 12.1 Å². The van der Waals surface area contributed by atoms with Crippen molar-refractivity contribution in [2.45, 2.75) is 10.9 Å². The molecule has 0 aliphatic heterocycles. The SMILES string of the molecule is O=c1ccnc(SCc2ccc(C#CCO)cc2F)[nH]1. The highest BCUT2D eigenvalue weighted by Crippen LogP contribution is 2.20. The van der Waals surface area contributed by atoms with E-state index < -0.39 is 0 Å². The van der Waals surface area contributed by atoms with Gasteiger partial charge in [-0.25, -0.2) is 9.37 Å². The fraction of sp³-hybridized carbons (Fsp3) is 0.143. The summed E-state index contributed by atoms with van der Waals surface area (Å²) in [7, 11) is 0. The molecule has 2 aromatic rings. The van der Waals surface area contributed by atoms with Crippen molar-refractivity contribution < 1.29 is 9.50 Å². The van der Waals surface area contributed by atoms with Gasteiger partial charge in [-0.05, 0) is 17.7 Å². The monoisotopic (exact) mass is 290 g/mol. The Hall–Kier alpha value is -2.10. The quantitative estimate of drug-likeness (QED) is 0.511. The number of H-pyrrole nitrogens is 1. The summed E-state index contributed by atoms with van der Waals surface area (Å²) in [6.45, 7) is -0.258. The van der Waals surface area contributed by atoms with E-state index in [0.29, 0.717) is 22.0 Å². The van der Waals surface area contributed by atoms with Crippen molar-refractivity contribution in [1.82, 2.24) is 9.97 Å². The van der Waals surface area contributed by atoms with Crippen molar-refractivity contribution in [2.75, 3.05) is 6.61 Å². The van der Waals surface area contributed by atoms with Crippen LogP contribution in [0.5, 0.6) is 0 Å². The Morgan fingerprint density at radius 3 is 2.95 bits per heavy atom. The molecule has 0 radical (unpaired) electrons. The van der Waals surface area contributed by atoms with Gasteiger partial charge in [-0.1, -0.05) is 29.7 Å². The standard InChI is InChI=1S/C14H11FN2O2S/c15-12-8-10(2-1-7-18)3-4-11(12)9-20-14-16-6-5-13(19)17-14/h3-6,8,18H,7,9H2,(H,16,17,19). The summed E-state index contributed by atoms with van der Waals surface area (Å²) in [6, 6.07) is 5.95. The number of nitrogens with zero attached hydrogens (tertiary/aromatic N) is 1. The van der Waals surface area contributed by atoms with Crippen LogP contribution in [0, 0.1) is 17.7 Å². The molecule has 1 aromatic heterocycles. The highest BCUT2D eigenvalue weighted by Gasteiger charge is 2.05. The first-order valence-corrected chi connectivity index (χ1v) is 6.74. The Bertz CT molecular complexity index is 719. The summed E-state index contributed by atoms with van der Waals surface area (Å²) in [5, 5.41) is 9.02. The van der Waals surface area contributed by atoms with Gasteiger partial charge in [-0.2, -0.15) is 0 Å². The maximum absolute atomic E-state index is 13.8. The largest absolute Gasteiger partial charge is 0.384 e. The van der Waals surface area contributed by atoms with Crippen LogP contribution in [-0.2, 0) is 5.75 Å². The van der Waals surface area contributed by atoms with Gasteiger partial charge in [0, 0.05) is 23.6 Å². The lowest BCUT2D eigenvalue weighted by Crippen LogP contribution is -2.05. The van der Waals surface area contributed by atoms with Crippen LogP contribution in [0.3, 0.4) is 0 Å². The number of nitrogens with one attached hydrogen (secondary N) is 1. The van der Waals surface area contributed by atoms with E-state index in [4.69, 9.17) is 5.11 Å². The number of aromatic nitrogens is 2. The van der Waals surface area contributed by atoms with Crippen molar-refractivity contribution in [3.8, 4) is 11.8 Å². The van der Waals surface area contributed by atoms with Crippen LogP contribution in [0.25, 0.3) is 0 Å². The average molecular weight is 290 g/mol. The molecule has 0 spiro atoms. The third-order valence-corrected chi connectivity index (χ3v) is 3.31. The first kappa shape index (κ1) is 14.3. The summed E-state index contributed by atoms with van der Waals surface area (Å²) in [5.41, 5.74) is 0.769. The van der Waals surface area contributed by atoms with Gasteiger partial charge >= 0.3 is 0 Å². The molecule has 0 aliphatic carbocycles. The Kier molecular flexibility index (Phi) is 4.93. The van der Waals surface area contributed by atoms with Crippen LogP contribution in [0.15, 0.2) is 40.4 Å². The van der Waals surface area contributed by atoms with E-state index in [2.05, 4.69) is 21.8 Å². The van der Waals surface area contributed by atoms with Crippen LogP contribution >= 0.6 is 11.8 Å². The topological polar surface area (TPSA) is 66.0 Å². The number of benzene rings is 1. The molecule has 0 fully saturated rings. The van der Waals surface area contributed by atoms with E-state index in [9.17, 15) is 9.18 Å². The van der Waals surface area contributed by atoms with Gasteiger partial charge in [-0.3, -0.25) is 4.79 Å². The zero-order valence-electron chi connectivity index (χ0n) is 10.4. The molecule has 0 aliphatic rings. The number of aliphatic hydroxyl groups is 1. The zero-order chi connectivity index (χ0) is 14.4. The van der Waals surface area contributed by atoms with Crippen molar-refractivity contribution in [3.05, 3.63) is 57.8 Å². The molecule has 20 heavy (non-hydrogen) atoms. The second kappa shape index (κ2) is 6.89. The lowest BCUT2D eigenvalue weighted by molar-refractivity contribution is 0.350. The van der Waals surface area contributed by atoms with E-state index in [-0.39, 0.29) is 18.0 Å². The fourth-order valence-corrected chi connectivity index (χ4v) is 2.29. The van der Waals surface area contributed by atoms with Gasteiger partial charge in [0.1, 0.15) is 12.4 Å². The lowest BCUT2D eigenvalue weighted by Gasteiger charge is -2.03. The maximum Gasteiger partial charge on any atom is 0.251 e. The first-order valence-electron chi connectivity index (χ1n) is 5.75. The van der Waals surface area contributed by atoms with E-state index in [0.717, 1.165) is 0 Å². The smallest absolute Gasteiger partial charge is 0.251 e. The van der Waals surface area contributed by atoms with Gasteiger partial charge in [0.15, 0.2) is 5.16 Å². The minimum Gasteiger partial charge on any atom is -0.384 e. The van der Waals surface area contributed by atoms with Crippen molar-refractivity contribution >= 4 is 11.8 Å². The number of aliphatic hydroxyl groups excluding tert-OH is 1. The molecule has 4 nitrogen and oxygen atoms in total. The molecule has 1 aromatic carbocycles. The van der Waals surface area contributed by atoms with Gasteiger partial charge in [0.05, 0.1) is 0 Å². The maximum atomic E-state index is 13.8. The van der Waals surface area contributed by atoms with E-state index in [1.165, 1.54) is 30.1 Å². The Morgan fingerprint density at radius 2 is 2.25 bits per heavy atom. The van der Waals surface area contributed by atoms with Gasteiger partial charge in [0.25, 0.3) is 5.56 Å². The summed E-state index contributed by atoms with van der Waals surface area (Å²) in [6.07, 6.45) is 1.41. The van der Waals surface area contributed by atoms with Gasteiger partial charge < -0.3 is 10.1 Å². The molecule has 6 heteroatoms. The molecular formula is C14H11FN2O2S. The summed E-state index contributed by atoms with van der Waals surface area (Å²) in [5.74, 6) is 5.08. The molecule has 2 rings (SSSR count). The molecule has 0 saturated carbocycles. The first-order chi connectivity index (χ1) is 9.69. The molecule has 2 N–H and O–H groups in total.